The summed E-state index contributed by atoms with van der Waals surface area (Å²) in [7, 11) is 0. The number of para-hydroxylation sites is 2. The minimum atomic E-state index is -0.750. The van der Waals surface area contributed by atoms with Crippen molar-refractivity contribution in [2.24, 2.45) is 5.41 Å². The number of likely N-dealkylation sites (tertiary alicyclic amines) is 1. The summed E-state index contributed by atoms with van der Waals surface area (Å²) >= 11 is 0. The number of aromatic nitrogens is 2. The lowest BCUT2D eigenvalue weighted by Gasteiger charge is -2.46. The number of hydrogen-bond acceptors (Lipinski definition) is 4. The fourth-order valence-electron chi connectivity index (χ4n) is 8.84. The number of rotatable bonds is 9. The highest BCUT2D eigenvalue weighted by Crippen LogP contribution is 2.45. The zero-order valence-electron chi connectivity index (χ0n) is 27.1. The molecule has 4 heterocycles. The Labute approximate surface area is 266 Å². The Kier molecular flexibility index (Phi) is 7.99. The highest BCUT2D eigenvalue weighted by molar-refractivity contribution is 5.88. The molecular formula is C37H48FN5O2. The quantitative estimate of drug-likeness (QED) is 0.308. The monoisotopic (exact) mass is 613 g/mol. The largest absolute Gasteiger partial charge is 0.353 e. The van der Waals surface area contributed by atoms with Crippen molar-refractivity contribution >= 4 is 22.8 Å². The number of piperidine rings is 2. The van der Waals surface area contributed by atoms with E-state index in [1.807, 2.05) is 24.8 Å². The Morgan fingerprint density at radius 3 is 2.38 bits per heavy atom. The van der Waals surface area contributed by atoms with Crippen LogP contribution in [-0.4, -0.2) is 68.9 Å². The molecule has 45 heavy (non-hydrogen) atoms. The third kappa shape index (κ3) is 6.02. The van der Waals surface area contributed by atoms with Crippen LogP contribution in [0.25, 0.3) is 11.0 Å². The van der Waals surface area contributed by atoms with Gasteiger partial charge in [-0.1, -0.05) is 38.1 Å². The number of hydrogen-bond donors (Lipinski definition) is 1. The van der Waals surface area contributed by atoms with Crippen LogP contribution in [0.3, 0.4) is 0 Å². The van der Waals surface area contributed by atoms with Crippen LogP contribution in [0.4, 0.5) is 4.39 Å². The number of carbonyl (C=O) groups is 2. The average molecular weight is 614 g/mol. The molecule has 0 spiro atoms. The molecule has 1 N–H and O–H groups in total. The van der Waals surface area contributed by atoms with Gasteiger partial charge in [0.25, 0.3) is 0 Å². The van der Waals surface area contributed by atoms with Gasteiger partial charge in [0.2, 0.25) is 11.8 Å². The molecule has 1 unspecified atom stereocenters. The zero-order chi connectivity index (χ0) is 31.3. The first-order chi connectivity index (χ1) is 21.6. The minimum Gasteiger partial charge on any atom is -0.353 e. The van der Waals surface area contributed by atoms with Gasteiger partial charge in [-0.15, -0.1) is 0 Å². The van der Waals surface area contributed by atoms with Gasteiger partial charge in [-0.25, -0.2) is 9.37 Å². The van der Waals surface area contributed by atoms with E-state index < -0.39 is 5.41 Å². The summed E-state index contributed by atoms with van der Waals surface area (Å²) < 4.78 is 17.1. The lowest BCUT2D eigenvalue weighted by atomic mass is 9.69. The van der Waals surface area contributed by atoms with E-state index in [0.717, 1.165) is 68.4 Å². The molecule has 0 radical (unpaired) electrons. The van der Waals surface area contributed by atoms with Gasteiger partial charge in [0.15, 0.2) is 0 Å². The molecule has 7 rings (SSSR count). The van der Waals surface area contributed by atoms with E-state index in [1.165, 1.54) is 24.4 Å². The second-order valence-electron chi connectivity index (χ2n) is 15.0. The van der Waals surface area contributed by atoms with E-state index in [1.54, 1.807) is 6.07 Å². The summed E-state index contributed by atoms with van der Waals surface area (Å²) in [6.07, 6.45) is 9.57. The molecule has 1 aliphatic carbocycles. The molecule has 4 fully saturated rings. The van der Waals surface area contributed by atoms with Gasteiger partial charge in [0.1, 0.15) is 11.6 Å². The topological polar surface area (TPSA) is 70.5 Å². The van der Waals surface area contributed by atoms with Crippen LogP contribution < -0.4 is 5.32 Å². The molecular weight excluding hydrogens is 565 g/mol. The molecule has 2 bridgehead atoms. The molecule has 240 valence electrons. The number of halogens is 1. The molecule has 3 aromatic rings. The Hall–Kier alpha value is -3.26. The average Bonchev–Trinajstić information content (AvgIpc) is 3.71. The van der Waals surface area contributed by atoms with Crippen molar-refractivity contribution in [3.05, 3.63) is 65.7 Å². The standard InChI is InChI=1S/C37H48FN5O2/c1-25-39-32-9-4-5-10-33(32)43(25)31-22-29-13-14-30(23-31)42(29)20-17-37(26-7-6-8-27(38)21-26)15-18-41(19-16-37)35(45)36(2,3)24-34(44)40-28-11-12-28/h4-10,21,28-31H,11-20,22-24H2,1-3H3,(H,40,44)/t29-,30+,31?. The summed E-state index contributed by atoms with van der Waals surface area (Å²) in [5.74, 6) is 0.921. The van der Waals surface area contributed by atoms with Crippen LogP contribution >= 0.6 is 0 Å². The van der Waals surface area contributed by atoms with Crippen LogP contribution in [-0.2, 0) is 15.0 Å². The van der Waals surface area contributed by atoms with Gasteiger partial charge >= 0.3 is 0 Å². The Morgan fingerprint density at radius 2 is 1.69 bits per heavy atom. The minimum absolute atomic E-state index is 0.0308. The van der Waals surface area contributed by atoms with Crippen LogP contribution in [0.2, 0.25) is 0 Å². The molecule has 8 heteroatoms. The lowest BCUT2D eigenvalue weighted by Crippen LogP contribution is -2.51. The summed E-state index contributed by atoms with van der Waals surface area (Å²) in [6, 6.07) is 17.5. The SMILES string of the molecule is Cc1nc2ccccc2n1C1C[C@H]2CC[C@@H](C1)N2CCC1(c2cccc(F)c2)CCN(C(=O)C(C)(C)CC(=O)NC2CC2)CC1. The Balaban J connectivity index is 1.04. The predicted octanol–water partition coefficient (Wildman–Crippen LogP) is 6.30. The second kappa shape index (κ2) is 11.8. The van der Waals surface area contributed by atoms with Crippen molar-refractivity contribution in [2.45, 2.75) is 115 Å². The van der Waals surface area contributed by atoms with E-state index >= 15 is 0 Å². The molecule has 1 saturated carbocycles. The maximum Gasteiger partial charge on any atom is 0.228 e. The molecule has 4 aliphatic rings. The van der Waals surface area contributed by atoms with E-state index in [2.05, 4.69) is 52.0 Å². The molecule has 1 aromatic heterocycles. The van der Waals surface area contributed by atoms with Crippen molar-refractivity contribution in [1.82, 2.24) is 24.7 Å². The molecule has 3 saturated heterocycles. The smallest absolute Gasteiger partial charge is 0.228 e. The molecule has 3 atom stereocenters. The van der Waals surface area contributed by atoms with E-state index in [-0.39, 0.29) is 29.5 Å². The number of benzene rings is 2. The van der Waals surface area contributed by atoms with Gasteiger partial charge in [-0.2, -0.15) is 0 Å². The Bertz CT molecular complexity index is 1560. The number of carbonyl (C=O) groups excluding carboxylic acids is 2. The normalized spacial score (nSPS) is 25.1. The first-order valence-corrected chi connectivity index (χ1v) is 17.2. The number of imidazole rings is 1. The number of aryl methyl sites for hydroxylation is 1. The lowest BCUT2D eigenvalue weighted by molar-refractivity contribution is -0.145. The third-order valence-corrected chi connectivity index (χ3v) is 11.4. The maximum absolute atomic E-state index is 14.6. The second-order valence-corrected chi connectivity index (χ2v) is 15.0. The fourth-order valence-corrected chi connectivity index (χ4v) is 8.84. The fraction of sp³-hybridized carbons (Fsp3) is 0.595. The van der Waals surface area contributed by atoms with Crippen molar-refractivity contribution in [1.29, 1.82) is 0 Å². The van der Waals surface area contributed by atoms with Crippen LogP contribution in [0.15, 0.2) is 48.5 Å². The van der Waals surface area contributed by atoms with Crippen LogP contribution in [0, 0.1) is 18.2 Å². The van der Waals surface area contributed by atoms with Crippen LogP contribution in [0.1, 0.15) is 95.5 Å². The molecule has 2 aromatic carbocycles. The van der Waals surface area contributed by atoms with Gasteiger partial charge in [-0.05, 0) is 106 Å². The van der Waals surface area contributed by atoms with E-state index in [4.69, 9.17) is 4.98 Å². The summed E-state index contributed by atoms with van der Waals surface area (Å²) in [6.45, 7) is 8.17. The Morgan fingerprint density at radius 1 is 0.978 bits per heavy atom. The summed E-state index contributed by atoms with van der Waals surface area (Å²) in [5.41, 5.74) is 2.45. The highest BCUT2D eigenvalue weighted by Gasteiger charge is 2.45. The molecule has 2 amide bonds. The van der Waals surface area contributed by atoms with E-state index in [0.29, 0.717) is 37.3 Å². The number of fused-ring (bicyclic) bond motifs is 3. The van der Waals surface area contributed by atoms with Crippen molar-refractivity contribution < 1.29 is 14.0 Å². The third-order valence-electron chi connectivity index (χ3n) is 11.4. The van der Waals surface area contributed by atoms with E-state index in [9.17, 15) is 14.0 Å². The predicted molar refractivity (Wildman–Crippen MR) is 174 cm³/mol. The highest BCUT2D eigenvalue weighted by atomic mass is 19.1. The van der Waals surface area contributed by atoms with Crippen molar-refractivity contribution in [2.75, 3.05) is 19.6 Å². The van der Waals surface area contributed by atoms with Gasteiger partial charge in [0.05, 0.1) is 16.4 Å². The molecule has 7 nitrogen and oxygen atoms in total. The number of nitrogens with one attached hydrogen (secondary N) is 1. The molecule has 3 aliphatic heterocycles. The summed E-state index contributed by atoms with van der Waals surface area (Å²) in [5, 5.41) is 3.03. The van der Waals surface area contributed by atoms with Gasteiger partial charge in [0, 0.05) is 43.7 Å². The van der Waals surface area contributed by atoms with Crippen molar-refractivity contribution in [3.8, 4) is 0 Å². The first-order valence-electron chi connectivity index (χ1n) is 17.2. The number of nitrogens with zero attached hydrogens (tertiary/aromatic N) is 4. The van der Waals surface area contributed by atoms with Gasteiger partial charge < -0.3 is 14.8 Å². The zero-order valence-corrected chi connectivity index (χ0v) is 27.1. The maximum atomic E-state index is 14.6. The van der Waals surface area contributed by atoms with Crippen LogP contribution in [0.5, 0.6) is 0 Å². The van der Waals surface area contributed by atoms with Gasteiger partial charge in [-0.3, -0.25) is 14.5 Å². The number of amides is 2. The summed E-state index contributed by atoms with van der Waals surface area (Å²) in [4.78, 5) is 35.8. The van der Waals surface area contributed by atoms with Crippen molar-refractivity contribution in [3.63, 3.8) is 0 Å². The first kappa shape index (κ1) is 30.4.